The highest BCUT2D eigenvalue weighted by Gasteiger charge is 2.06. The van der Waals surface area contributed by atoms with Crippen LogP contribution in [-0.4, -0.2) is 11.4 Å². The molecule has 1 N–H and O–H groups in total. The van der Waals surface area contributed by atoms with Gasteiger partial charge >= 0.3 is 0 Å². The van der Waals surface area contributed by atoms with Crippen LogP contribution in [-0.2, 0) is 6.54 Å². The summed E-state index contributed by atoms with van der Waals surface area (Å²) in [6, 6.07) is 3.98. The van der Waals surface area contributed by atoms with Gasteiger partial charge in [0.2, 0.25) is 0 Å². The summed E-state index contributed by atoms with van der Waals surface area (Å²) in [7, 11) is 0. The summed E-state index contributed by atoms with van der Waals surface area (Å²) in [5, 5.41) is 4.20. The fraction of sp³-hybridized carbons (Fsp3) is 0.500. The van der Waals surface area contributed by atoms with Gasteiger partial charge in [0.15, 0.2) is 0 Å². The summed E-state index contributed by atoms with van der Waals surface area (Å²) in [4.78, 5) is 0. The first-order chi connectivity index (χ1) is 7.65. The van der Waals surface area contributed by atoms with Crippen molar-refractivity contribution in [2.75, 3.05) is 5.33 Å². The molecule has 4 heteroatoms. The van der Waals surface area contributed by atoms with Crippen molar-refractivity contribution in [3.05, 3.63) is 35.4 Å². The summed E-state index contributed by atoms with van der Waals surface area (Å²) in [6.07, 6.45) is 2.01. The van der Waals surface area contributed by atoms with E-state index in [0.29, 0.717) is 18.2 Å². The minimum Gasteiger partial charge on any atom is -0.310 e. The standard InChI is InChI=1S/C12H16BrF2N/c1-2-12(3-4-13)16-8-9-5-10(14)7-11(15)6-9/h5-7,12,16H,2-4,8H2,1H3. The van der Waals surface area contributed by atoms with Crippen molar-refractivity contribution in [1.82, 2.24) is 5.32 Å². The van der Waals surface area contributed by atoms with Crippen molar-refractivity contribution in [2.45, 2.75) is 32.4 Å². The number of alkyl halides is 1. The molecule has 0 bridgehead atoms. The predicted octanol–water partition coefficient (Wildman–Crippen LogP) is 3.62. The van der Waals surface area contributed by atoms with Crippen molar-refractivity contribution in [1.29, 1.82) is 0 Å². The lowest BCUT2D eigenvalue weighted by Gasteiger charge is -2.15. The summed E-state index contributed by atoms with van der Waals surface area (Å²) in [6.45, 7) is 2.59. The SMILES string of the molecule is CCC(CCBr)NCc1cc(F)cc(F)c1. The molecule has 1 aromatic rings. The van der Waals surface area contributed by atoms with Crippen LogP contribution in [0.3, 0.4) is 0 Å². The van der Waals surface area contributed by atoms with Gasteiger partial charge in [-0.3, -0.25) is 0 Å². The zero-order valence-corrected chi connectivity index (χ0v) is 10.9. The molecule has 0 aliphatic carbocycles. The van der Waals surface area contributed by atoms with Crippen LogP contribution in [0.2, 0.25) is 0 Å². The first-order valence-electron chi connectivity index (χ1n) is 5.40. The molecule has 1 atom stereocenters. The number of halogens is 3. The summed E-state index contributed by atoms with van der Waals surface area (Å²) < 4.78 is 25.8. The van der Waals surface area contributed by atoms with Gasteiger partial charge in [-0.1, -0.05) is 22.9 Å². The molecule has 16 heavy (non-hydrogen) atoms. The average Bonchev–Trinajstić information content (AvgIpc) is 2.23. The Morgan fingerprint density at radius 1 is 1.25 bits per heavy atom. The fourth-order valence-electron chi connectivity index (χ4n) is 1.56. The van der Waals surface area contributed by atoms with Gasteiger partial charge in [0, 0.05) is 24.0 Å². The maximum atomic E-state index is 12.9. The average molecular weight is 292 g/mol. The zero-order chi connectivity index (χ0) is 12.0. The Morgan fingerprint density at radius 2 is 1.88 bits per heavy atom. The van der Waals surface area contributed by atoms with Gasteiger partial charge < -0.3 is 5.32 Å². The second-order valence-corrected chi connectivity index (χ2v) is 4.53. The van der Waals surface area contributed by atoms with E-state index in [9.17, 15) is 8.78 Å². The van der Waals surface area contributed by atoms with E-state index in [4.69, 9.17) is 0 Å². The molecule has 0 heterocycles. The van der Waals surface area contributed by atoms with Crippen molar-refractivity contribution in [3.8, 4) is 0 Å². The van der Waals surface area contributed by atoms with Crippen LogP contribution >= 0.6 is 15.9 Å². The van der Waals surface area contributed by atoms with Crippen LogP contribution < -0.4 is 5.32 Å². The molecule has 0 aromatic heterocycles. The monoisotopic (exact) mass is 291 g/mol. The Morgan fingerprint density at radius 3 is 2.38 bits per heavy atom. The van der Waals surface area contributed by atoms with Crippen molar-refractivity contribution < 1.29 is 8.78 Å². The Labute approximate surface area is 103 Å². The predicted molar refractivity (Wildman–Crippen MR) is 65.7 cm³/mol. The minimum absolute atomic E-state index is 0.380. The third kappa shape index (κ3) is 4.58. The van der Waals surface area contributed by atoms with Crippen LogP contribution in [0.4, 0.5) is 8.78 Å². The largest absolute Gasteiger partial charge is 0.310 e. The number of hydrogen-bond acceptors (Lipinski definition) is 1. The Kier molecular flexibility index (Phi) is 5.91. The molecular weight excluding hydrogens is 276 g/mol. The molecular formula is C12H16BrF2N. The number of benzene rings is 1. The van der Waals surface area contributed by atoms with Gasteiger partial charge in [0.1, 0.15) is 11.6 Å². The van der Waals surface area contributed by atoms with E-state index in [0.717, 1.165) is 24.2 Å². The summed E-state index contributed by atoms with van der Waals surface area (Å²) >= 11 is 3.38. The molecule has 1 aromatic carbocycles. The first-order valence-corrected chi connectivity index (χ1v) is 6.52. The smallest absolute Gasteiger partial charge is 0.126 e. The van der Waals surface area contributed by atoms with Crippen LogP contribution in [0, 0.1) is 11.6 Å². The zero-order valence-electron chi connectivity index (χ0n) is 9.27. The quantitative estimate of drug-likeness (QED) is 0.790. The molecule has 0 saturated carbocycles. The second-order valence-electron chi connectivity index (χ2n) is 3.74. The van der Waals surface area contributed by atoms with Gasteiger partial charge in [-0.25, -0.2) is 8.78 Å². The van der Waals surface area contributed by atoms with Crippen LogP contribution in [0.15, 0.2) is 18.2 Å². The number of nitrogens with one attached hydrogen (secondary N) is 1. The number of rotatable bonds is 6. The fourth-order valence-corrected chi connectivity index (χ4v) is 2.11. The Hall–Kier alpha value is -0.480. The Bertz CT molecular complexity index is 311. The molecule has 1 rings (SSSR count). The van der Waals surface area contributed by atoms with E-state index >= 15 is 0 Å². The topological polar surface area (TPSA) is 12.0 Å². The van der Waals surface area contributed by atoms with Gasteiger partial charge in [-0.2, -0.15) is 0 Å². The Balaban J connectivity index is 2.52. The van der Waals surface area contributed by atoms with E-state index in [1.54, 1.807) is 0 Å². The molecule has 0 spiro atoms. The van der Waals surface area contributed by atoms with E-state index < -0.39 is 11.6 Å². The minimum atomic E-state index is -0.523. The van der Waals surface area contributed by atoms with Crippen LogP contribution in [0.1, 0.15) is 25.3 Å². The lowest BCUT2D eigenvalue weighted by atomic mass is 10.1. The molecule has 0 amide bonds. The van der Waals surface area contributed by atoms with Gasteiger partial charge in [0.05, 0.1) is 0 Å². The van der Waals surface area contributed by atoms with Crippen LogP contribution in [0.25, 0.3) is 0 Å². The van der Waals surface area contributed by atoms with Crippen LogP contribution in [0.5, 0.6) is 0 Å². The molecule has 0 aliphatic heterocycles. The molecule has 0 fully saturated rings. The lowest BCUT2D eigenvalue weighted by Crippen LogP contribution is -2.28. The second kappa shape index (κ2) is 6.97. The third-order valence-electron chi connectivity index (χ3n) is 2.47. The van der Waals surface area contributed by atoms with E-state index in [2.05, 4.69) is 28.2 Å². The van der Waals surface area contributed by atoms with Gasteiger partial charge in [0.25, 0.3) is 0 Å². The lowest BCUT2D eigenvalue weighted by molar-refractivity contribution is 0.485. The normalized spacial score (nSPS) is 12.8. The van der Waals surface area contributed by atoms with Gasteiger partial charge in [-0.15, -0.1) is 0 Å². The molecule has 1 nitrogen and oxygen atoms in total. The summed E-state index contributed by atoms with van der Waals surface area (Å²) in [5.74, 6) is -1.05. The molecule has 1 unspecified atom stereocenters. The van der Waals surface area contributed by atoms with E-state index in [1.165, 1.54) is 12.1 Å². The first kappa shape index (κ1) is 13.6. The highest BCUT2D eigenvalue weighted by atomic mass is 79.9. The summed E-state index contributed by atoms with van der Waals surface area (Å²) in [5.41, 5.74) is 0.644. The van der Waals surface area contributed by atoms with Crippen molar-refractivity contribution in [2.24, 2.45) is 0 Å². The maximum Gasteiger partial charge on any atom is 0.126 e. The highest BCUT2D eigenvalue weighted by molar-refractivity contribution is 9.09. The van der Waals surface area contributed by atoms with Crippen molar-refractivity contribution >= 4 is 15.9 Å². The third-order valence-corrected chi connectivity index (χ3v) is 2.93. The molecule has 0 radical (unpaired) electrons. The van der Waals surface area contributed by atoms with E-state index in [1.807, 2.05) is 0 Å². The van der Waals surface area contributed by atoms with Gasteiger partial charge in [-0.05, 0) is 30.5 Å². The maximum absolute atomic E-state index is 12.9. The molecule has 90 valence electrons. The van der Waals surface area contributed by atoms with E-state index in [-0.39, 0.29) is 0 Å². The van der Waals surface area contributed by atoms with Crippen molar-refractivity contribution in [3.63, 3.8) is 0 Å². The molecule has 0 aliphatic rings. The highest BCUT2D eigenvalue weighted by Crippen LogP contribution is 2.09. The number of hydrogen-bond donors (Lipinski definition) is 1. The molecule has 0 saturated heterocycles.